The highest BCUT2D eigenvalue weighted by Crippen LogP contribution is 2.31. The van der Waals surface area contributed by atoms with Gasteiger partial charge in [-0.25, -0.2) is 4.79 Å². The van der Waals surface area contributed by atoms with Gasteiger partial charge >= 0.3 is 5.97 Å². The van der Waals surface area contributed by atoms with Crippen LogP contribution in [-0.4, -0.2) is 15.6 Å². The molecule has 0 amide bonds. The van der Waals surface area contributed by atoms with Gasteiger partial charge in [0.25, 0.3) is 0 Å². The molecule has 0 saturated heterocycles. The van der Waals surface area contributed by atoms with Gasteiger partial charge < -0.3 is 9.67 Å². The predicted octanol–water partition coefficient (Wildman–Crippen LogP) is 3.62. The van der Waals surface area contributed by atoms with Crippen LogP contribution in [0.3, 0.4) is 0 Å². The summed E-state index contributed by atoms with van der Waals surface area (Å²) in [5.74, 6) is -0.873. The second-order valence-corrected chi connectivity index (χ2v) is 5.17. The number of benzene rings is 1. The van der Waals surface area contributed by atoms with Crippen LogP contribution in [0, 0.1) is 27.7 Å². The molecule has 1 N–H and O–H groups in total. The van der Waals surface area contributed by atoms with E-state index in [1.165, 1.54) is 16.7 Å². The molecule has 0 atom stereocenters. The van der Waals surface area contributed by atoms with Gasteiger partial charge in [0, 0.05) is 24.0 Å². The van der Waals surface area contributed by atoms with E-state index in [-0.39, 0.29) is 0 Å². The number of carbonyl (C=O) groups is 1. The number of aromatic nitrogens is 1. The van der Waals surface area contributed by atoms with Crippen LogP contribution in [-0.2, 0) is 7.05 Å². The average molecular weight is 257 g/mol. The second-order valence-electron chi connectivity index (χ2n) is 5.17. The minimum atomic E-state index is -0.873. The fourth-order valence-corrected chi connectivity index (χ4v) is 2.74. The number of carboxylic acid groups (broad SMARTS) is 1. The zero-order valence-electron chi connectivity index (χ0n) is 12.0. The Morgan fingerprint density at radius 3 is 2.00 bits per heavy atom. The molecule has 3 heteroatoms. The number of nitrogens with zero attached hydrogens (tertiary/aromatic N) is 1. The second kappa shape index (κ2) is 4.57. The third kappa shape index (κ3) is 2.16. The Morgan fingerprint density at radius 2 is 1.58 bits per heavy atom. The van der Waals surface area contributed by atoms with Crippen LogP contribution in [0.25, 0.3) is 11.3 Å². The summed E-state index contributed by atoms with van der Waals surface area (Å²) in [4.78, 5) is 11.2. The first-order valence-corrected chi connectivity index (χ1v) is 6.30. The predicted molar refractivity (Wildman–Crippen MR) is 76.8 cm³/mol. The van der Waals surface area contributed by atoms with Crippen molar-refractivity contribution in [2.24, 2.45) is 7.05 Å². The van der Waals surface area contributed by atoms with Gasteiger partial charge in [0.05, 0.1) is 5.56 Å². The zero-order chi connectivity index (χ0) is 14.3. The van der Waals surface area contributed by atoms with Crippen LogP contribution >= 0.6 is 0 Å². The van der Waals surface area contributed by atoms with Gasteiger partial charge in [0.1, 0.15) is 0 Å². The molecule has 2 rings (SSSR count). The van der Waals surface area contributed by atoms with E-state index in [2.05, 4.69) is 32.9 Å². The normalized spacial score (nSPS) is 10.8. The number of aromatic carboxylic acids is 1. The maximum Gasteiger partial charge on any atom is 0.337 e. The molecule has 0 fully saturated rings. The van der Waals surface area contributed by atoms with Crippen LogP contribution in [0.2, 0.25) is 0 Å². The Balaban J connectivity index is 2.73. The molecule has 0 aliphatic carbocycles. The summed E-state index contributed by atoms with van der Waals surface area (Å²) < 4.78 is 1.95. The van der Waals surface area contributed by atoms with E-state index in [4.69, 9.17) is 0 Å². The Hall–Kier alpha value is -2.03. The SMILES string of the molecule is Cc1cc(C)c(-c2cc(C(=O)O)c(C)n2C)c(C)c1. The lowest BCUT2D eigenvalue weighted by atomic mass is 9.97. The third-order valence-electron chi connectivity index (χ3n) is 3.70. The van der Waals surface area contributed by atoms with Crippen LogP contribution in [0.5, 0.6) is 0 Å². The van der Waals surface area contributed by atoms with Gasteiger partial charge in [-0.1, -0.05) is 17.7 Å². The fourth-order valence-electron chi connectivity index (χ4n) is 2.74. The lowest BCUT2D eigenvalue weighted by Gasteiger charge is -2.13. The van der Waals surface area contributed by atoms with Crippen molar-refractivity contribution in [2.75, 3.05) is 0 Å². The summed E-state index contributed by atoms with van der Waals surface area (Å²) >= 11 is 0. The van der Waals surface area contributed by atoms with Gasteiger partial charge in [-0.2, -0.15) is 0 Å². The molecule has 1 aromatic carbocycles. The highest BCUT2D eigenvalue weighted by Gasteiger charge is 2.18. The monoisotopic (exact) mass is 257 g/mol. The largest absolute Gasteiger partial charge is 0.478 e. The van der Waals surface area contributed by atoms with Gasteiger partial charge in [-0.05, 0) is 44.9 Å². The molecule has 1 heterocycles. The van der Waals surface area contributed by atoms with Gasteiger partial charge in [-0.15, -0.1) is 0 Å². The van der Waals surface area contributed by atoms with E-state index >= 15 is 0 Å². The number of aryl methyl sites for hydroxylation is 3. The molecule has 0 bridgehead atoms. The Kier molecular flexibility index (Phi) is 3.23. The highest BCUT2D eigenvalue weighted by molar-refractivity contribution is 5.91. The minimum absolute atomic E-state index is 0.372. The molecule has 0 radical (unpaired) electrons. The average Bonchev–Trinajstić information content (AvgIpc) is 2.56. The maximum atomic E-state index is 11.2. The number of rotatable bonds is 2. The van der Waals surface area contributed by atoms with E-state index < -0.39 is 5.97 Å². The van der Waals surface area contributed by atoms with Crippen LogP contribution in [0.15, 0.2) is 18.2 Å². The van der Waals surface area contributed by atoms with E-state index in [1.807, 2.05) is 18.5 Å². The third-order valence-corrected chi connectivity index (χ3v) is 3.70. The topological polar surface area (TPSA) is 42.2 Å². The number of carboxylic acids is 1. The fraction of sp³-hybridized carbons (Fsp3) is 0.312. The standard InChI is InChI=1S/C16H19NO2/c1-9-6-10(2)15(11(3)7-9)14-8-13(16(18)19)12(4)17(14)5/h6-8H,1-5H3,(H,18,19). The van der Waals surface area contributed by atoms with Crippen molar-refractivity contribution in [1.82, 2.24) is 4.57 Å². The maximum absolute atomic E-state index is 11.2. The van der Waals surface area contributed by atoms with Crippen molar-refractivity contribution in [3.63, 3.8) is 0 Å². The first-order chi connectivity index (χ1) is 8.82. The smallest absolute Gasteiger partial charge is 0.337 e. The number of hydrogen-bond acceptors (Lipinski definition) is 1. The van der Waals surface area contributed by atoms with Crippen molar-refractivity contribution in [1.29, 1.82) is 0 Å². The molecule has 2 aromatic rings. The summed E-state index contributed by atoms with van der Waals surface area (Å²) in [6, 6.07) is 6.03. The lowest BCUT2D eigenvalue weighted by Crippen LogP contribution is -2.00. The van der Waals surface area contributed by atoms with Crippen molar-refractivity contribution in [3.05, 3.63) is 46.1 Å². The Bertz CT molecular complexity index is 643. The first kappa shape index (κ1) is 13.4. The highest BCUT2D eigenvalue weighted by atomic mass is 16.4. The Labute approximate surface area is 113 Å². The molecule has 1 aromatic heterocycles. The summed E-state index contributed by atoms with van der Waals surface area (Å²) in [5.41, 5.74) is 6.82. The summed E-state index contributed by atoms with van der Waals surface area (Å²) in [6.07, 6.45) is 0. The molecule has 3 nitrogen and oxygen atoms in total. The zero-order valence-corrected chi connectivity index (χ0v) is 12.0. The number of hydrogen-bond donors (Lipinski definition) is 1. The molecule has 100 valence electrons. The lowest BCUT2D eigenvalue weighted by molar-refractivity contribution is 0.0696. The van der Waals surface area contributed by atoms with E-state index in [1.54, 1.807) is 6.07 Å². The van der Waals surface area contributed by atoms with E-state index in [9.17, 15) is 9.90 Å². The molecule has 0 unspecified atom stereocenters. The van der Waals surface area contributed by atoms with Crippen LogP contribution < -0.4 is 0 Å². The first-order valence-electron chi connectivity index (χ1n) is 6.30. The molecular formula is C16H19NO2. The molecule has 0 saturated carbocycles. The van der Waals surface area contributed by atoms with Crippen molar-refractivity contribution in [2.45, 2.75) is 27.7 Å². The molecule has 19 heavy (non-hydrogen) atoms. The van der Waals surface area contributed by atoms with Crippen molar-refractivity contribution in [3.8, 4) is 11.3 Å². The van der Waals surface area contributed by atoms with Gasteiger partial charge in [-0.3, -0.25) is 0 Å². The van der Waals surface area contributed by atoms with Crippen LogP contribution in [0.4, 0.5) is 0 Å². The van der Waals surface area contributed by atoms with E-state index in [0.29, 0.717) is 5.56 Å². The molecule has 0 aliphatic heterocycles. The van der Waals surface area contributed by atoms with Crippen LogP contribution in [0.1, 0.15) is 32.7 Å². The van der Waals surface area contributed by atoms with Crippen molar-refractivity contribution < 1.29 is 9.90 Å². The Morgan fingerprint density at radius 1 is 1.05 bits per heavy atom. The molecule has 0 aliphatic rings. The van der Waals surface area contributed by atoms with Gasteiger partial charge in [0.2, 0.25) is 0 Å². The summed E-state index contributed by atoms with van der Waals surface area (Å²) in [5, 5.41) is 9.22. The summed E-state index contributed by atoms with van der Waals surface area (Å²) in [6.45, 7) is 8.05. The molecular weight excluding hydrogens is 238 g/mol. The minimum Gasteiger partial charge on any atom is -0.478 e. The summed E-state index contributed by atoms with van der Waals surface area (Å²) in [7, 11) is 1.91. The molecule has 0 spiro atoms. The van der Waals surface area contributed by atoms with Gasteiger partial charge in [0.15, 0.2) is 0 Å². The quantitative estimate of drug-likeness (QED) is 0.892. The van der Waals surface area contributed by atoms with Crippen molar-refractivity contribution >= 4 is 5.97 Å². The van der Waals surface area contributed by atoms with E-state index in [0.717, 1.165) is 17.0 Å².